The van der Waals surface area contributed by atoms with Crippen LogP contribution >= 0.6 is 22.9 Å². The van der Waals surface area contributed by atoms with Gasteiger partial charge in [-0.15, -0.1) is 21.5 Å². The summed E-state index contributed by atoms with van der Waals surface area (Å²) in [5.74, 6) is 0.758. The Balaban J connectivity index is 1.40. The lowest BCUT2D eigenvalue weighted by Gasteiger charge is -2.01. The highest BCUT2D eigenvalue weighted by molar-refractivity contribution is 7.21. The van der Waals surface area contributed by atoms with Gasteiger partial charge in [-0.05, 0) is 30.7 Å². The van der Waals surface area contributed by atoms with E-state index in [2.05, 4.69) is 15.5 Å². The van der Waals surface area contributed by atoms with Crippen LogP contribution in [0.2, 0.25) is 5.02 Å². The minimum atomic E-state index is -0.193. The van der Waals surface area contributed by atoms with Crippen LogP contribution in [0.1, 0.15) is 21.1 Å². The highest BCUT2D eigenvalue weighted by atomic mass is 35.5. The maximum atomic E-state index is 12.5. The SMILES string of the molecule is Cc1ccc2c(Cl)c(C(=O)NCCc3nnc(-c4ccccc4)o3)sc2c1. The molecule has 0 aliphatic heterocycles. The summed E-state index contributed by atoms with van der Waals surface area (Å²) in [6, 6.07) is 15.5. The molecule has 5 nitrogen and oxygen atoms in total. The number of nitrogens with zero attached hydrogens (tertiary/aromatic N) is 2. The van der Waals surface area contributed by atoms with Crippen molar-refractivity contribution in [3.63, 3.8) is 0 Å². The third kappa shape index (κ3) is 3.72. The Morgan fingerprint density at radius 1 is 1.19 bits per heavy atom. The van der Waals surface area contributed by atoms with Crippen LogP contribution in [0.3, 0.4) is 0 Å². The average molecular weight is 398 g/mol. The summed E-state index contributed by atoms with van der Waals surface area (Å²) in [5, 5.41) is 12.4. The normalized spacial score (nSPS) is 11.0. The van der Waals surface area contributed by atoms with Crippen molar-refractivity contribution in [1.29, 1.82) is 0 Å². The zero-order chi connectivity index (χ0) is 18.8. The number of rotatable bonds is 5. The van der Waals surface area contributed by atoms with Gasteiger partial charge in [0.05, 0.1) is 5.02 Å². The number of carbonyl (C=O) groups is 1. The first-order valence-corrected chi connectivity index (χ1v) is 9.66. The zero-order valence-electron chi connectivity index (χ0n) is 14.5. The monoisotopic (exact) mass is 397 g/mol. The van der Waals surface area contributed by atoms with Crippen molar-refractivity contribution in [3.05, 3.63) is 69.9 Å². The number of amides is 1. The van der Waals surface area contributed by atoms with Gasteiger partial charge < -0.3 is 9.73 Å². The molecule has 0 aliphatic carbocycles. The first-order chi connectivity index (χ1) is 13.1. The largest absolute Gasteiger partial charge is 0.421 e. The van der Waals surface area contributed by atoms with Gasteiger partial charge in [-0.3, -0.25) is 4.79 Å². The number of thiophene rings is 1. The van der Waals surface area contributed by atoms with Gasteiger partial charge in [0.1, 0.15) is 4.88 Å². The molecular formula is C20H16ClN3O2S. The number of carbonyl (C=O) groups excluding carboxylic acids is 1. The van der Waals surface area contributed by atoms with Crippen LogP contribution in [0, 0.1) is 6.92 Å². The van der Waals surface area contributed by atoms with E-state index in [4.69, 9.17) is 16.0 Å². The maximum Gasteiger partial charge on any atom is 0.262 e. The number of aryl methyl sites for hydroxylation is 1. The first kappa shape index (κ1) is 17.7. The van der Waals surface area contributed by atoms with E-state index in [1.165, 1.54) is 11.3 Å². The third-order valence-electron chi connectivity index (χ3n) is 4.10. The van der Waals surface area contributed by atoms with Gasteiger partial charge in [-0.25, -0.2) is 0 Å². The first-order valence-electron chi connectivity index (χ1n) is 8.46. The summed E-state index contributed by atoms with van der Waals surface area (Å²) >= 11 is 7.78. The fourth-order valence-electron chi connectivity index (χ4n) is 2.73. The molecule has 136 valence electrons. The molecule has 2 heterocycles. The molecule has 1 amide bonds. The molecule has 0 spiro atoms. The topological polar surface area (TPSA) is 68.0 Å². The van der Waals surface area contributed by atoms with Gasteiger partial charge in [0.15, 0.2) is 0 Å². The molecule has 0 fully saturated rings. The molecule has 0 radical (unpaired) electrons. The van der Waals surface area contributed by atoms with Crippen molar-refractivity contribution < 1.29 is 9.21 Å². The van der Waals surface area contributed by atoms with Crippen molar-refractivity contribution in [2.24, 2.45) is 0 Å². The highest BCUT2D eigenvalue weighted by Gasteiger charge is 2.17. The Labute approximate surface area is 165 Å². The lowest BCUT2D eigenvalue weighted by Crippen LogP contribution is -2.25. The summed E-state index contributed by atoms with van der Waals surface area (Å²) in [6.45, 7) is 2.40. The quantitative estimate of drug-likeness (QED) is 0.520. The van der Waals surface area contributed by atoms with E-state index < -0.39 is 0 Å². The summed E-state index contributed by atoms with van der Waals surface area (Å²) < 4.78 is 6.65. The van der Waals surface area contributed by atoms with E-state index in [0.717, 1.165) is 21.2 Å². The van der Waals surface area contributed by atoms with Crippen molar-refractivity contribution in [2.75, 3.05) is 6.54 Å². The highest BCUT2D eigenvalue weighted by Crippen LogP contribution is 2.35. The molecule has 0 bridgehead atoms. The van der Waals surface area contributed by atoms with E-state index in [0.29, 0.717) is 34.6 Å². The zero-order valence-corrected chi connectivity index (χ0v) is 16.1. The summed E-state index contributed by atoms with van der Waals surface area (Å²) in [5.41, 5.74) is 2.01. The lowest BCUT2D eigenvalue weighted by molar-refractivity contribution is 0.0958. The van der Waals surface area contributed by atoms with Crippen LogP contribution in [0.4, 0.5) is 0 Å². The summed E-state index contributed by atoms with van der Waals surface area (Å²) in [4.78, 5) is 13.0. The molecule has 0 saturated carbocycles. The second kappa shape index (κ2) is 7.50. The Kier molecular flexibility index (Phi) is 4.92. The van der Waals surface area contributed by atoms with Crippen molar-refractivity contribution in [3.8, 4) is 11.5 Å². The molecule has 0 saturated heterocycles. The molecule has 4 rings (SSSR count). The Bertz CT molecular complexity index is 1110. The van der Waals surface area contributed by atoms with E-state index in [-0.39, 0.29) is 5.91 Å². The number of benzene rings is 2. The summed E-state index contributed by atoms with van der Waals surface area (Å²) in [7, 11) is 0. The van der Waals surface area contributed by atoms with Gasteiger partial charge in [0.2, 0.25) is 11.8 Å². The van der Waals surface area contributed by atoms with Crippen LogP contribution in [0.15, 0.2) is 52.9 Å². The van der Waals surface area contributed by atoms with E-state index in [9.17, 15) is 4.79 Å². The molecule has 2 aromatic carbocycles. The second-order valence-corrected chi connectivity index (χ2v) is 7.55. The minimum Gasteiger partial charge on any atom is -0.421 e. The Hall–Kier alpha value is -2.70. The predicted molar refractivity (Wildman–Crippen MR) is 107 cm³/mol. The van der Waals surface area contributed by atoms with Crippen LogP contribution in [-0.2, 0) is 6.42 Å². The lowest BCUT2D eigenvalue weighted by atomic mass is 10.2. The number of nitrogens with one attached hydrogen (secondary N) is 1. The second-order valence-electron chi connectivity index (χ2n) is 6.12. The molecule has 1 N–H and O–H groups in total. The molecule has 7 heteroatoms. The van der Waals surface area contributed by atoms with Gasteiger partial charge >= 0.3 is 0 Å². The number of halogens is 1. The number of hydrogen-bond donors (Lipinski definition) is 1. The molecule has 4 aromatic rings. The molecule has 0 atom stereocenters. The van der Waals surface area contributed by atoms with Crippen molar-refractivity contribution >= 4 is 38.9 Å². The Morgan fingerprint density at radius 3 is 2.81 bits per heavy atom. The fourth-order valence-corrected chi connectivity index (χ4v) is 4.27. The third-order valence-corrected chi connectivity index (χ3v) is 5.76. The van der Waals surface area contributed by atoms with E-state index >= 15 is 0 Å². The molecule has 27 heavy (non-hydrogen) atoms. The number of hydrogen-bond acceptors (Lipinski definition) is 5. The smallest absolute Gasteiger partial charge is 0.262 e. The Morgan fingerprint density at radius 2 is 2.00 bits per heavy atom. The van der Waals surface area contributed by atoms with Gasteiger partial charge in [0.25, 0.3) is 5.91 Å². The van der Waals surface area contributed by atoms with Crippen molar-refractivity contribution in [2.45, 2.75) is 13.3 Å². The van der Waals surface area contributed by atoms with Gasteiger partial charge in [-0.2, -0.15) is 0 Å². The van der Waals surface area contributed by atoms with E-state index in [1.807, 2.05) is 55.5 Å². The molecule has 0 aliphatic rings. The van der Waals surface area contributed by atoms with Crippen molar-refractivity contribution in [1.82, 2.24) is 15.5 Å². The number of aromatic nitrogens is 2. The molecule has 2 aromatic heterocycles. The maximum absolute atomic E-state index is 12.5. The van der Waals surface area contributed by atoms with Gasteiger partial charge in [0, 0.05) is 28.6 Å². The molecular weight excluding hydrogens is 382 g/mol. The fraction of sp³-hybridized carbons (Fsp3) is 0.150. The standard InChI is InChI=1S/C20H16ClN3O2S/c1-12-7-8-14-15(11-12)27-18(17(14)21)19(25)22-10-9-16-23-24-20(26-16)13-5-3-2-4-6-13/h2-8,11H,9-10H2,1H3,(H,22,25). The average Bonchev–Trinajstić information content (AvgIpc) is 3.27. The van der Waals surface area contributed by atoms with Crippen LogP contribution in [0.5, 0.6) is 0 Å². The molecule has 0 unspecified atom stereocenters. The number of fused-ring (bicyclic) bond motifs is 1. The van der Waals surface area contributed by atoms with Gasteiger partial charge in [-0.1, -0.05) is 41.9 Å². The van der Waals surface area contributed by atoms with E-state index in [1.54, 1.807) is 0 Å². The predicted octanol–water partition coefficient (Wildman–Crippen LogP) is 4.89. The van der Waals surface area contributed by atoms with Crippen LogP contribution in [0.25, 0.3) is 21.5 Å². The van der Waals surface area contributed by atoms with Crippen LogP contribution in [-0.4, -0.2) is 22.6 Å². The summed E-state index contributed by atoms with van der Waals surface area (Å²) in [6.07, 6.45) is 0.452. The van der Waals surface area contributed by atoms with Crippen LogP contribution < -0.4 is 5.32 Å². The minimum absolute atomic E-state index is 0.193.